The molecule has 8 aliphatic carbocycles. The summed E-state index contributed by atoms with van der Waals surface area (Å²) in [4.78, 5) is 55.0. The van der Waals surface area contributed by atoms with Gasteiger partial charge >= 0.3 is 0 Å². The first-order valence-electron chi connectivity index (χ1n) is 33.2. The van der Waals surface area contributed by atoms with Gasteiger partial charge in [-0.1, -0.05) is 231 Å². The third kappa shape index (κ3) is 35.0. The molecular formula is C80H120O8. The fourth-order valence-electron chi connectivity index (χ4n) is 8.92. The third-order valence-corrected chi connectivity index (χ3v) is 13.1. The van der Waals surface area contributed by atoms with Gasteiger partial charge in [0.2, 0.25) is 0 Å². The molecule has 488 valence electrons. The van der Waals surface area contributed by atoms with Gasteiger partial charge in [0.1, 0.15) is 17.3 Å². The predicted molar refractivity (Wildman–Crippen MR) is 380 cm³/mol. The van der Waals surface area contributed by atoms with Gasteiger partial charge in [-0.3, -0.25) is 24.0 Å². The highest BCUT2D eigenvalue weighted by molar-refractivity contribution is 6.20. The number of benzene rings is 4. The molecule has 0 radical (unpaired) electrons. The lowest BCUT2D eigenvalue weighted by molar-refractivity contribution is -0.121. The second kappa shape index (κ2) is 52.9. The lowest BCUT2D eigenvalue weighted by Crippen LogP contribution is -2.16. The number of fused-ring (bicyclic) bond motifs is 4. The van der Waals surface area contributed by atoms with Crippen molar-refractivity contribution >= 4 is 28.9 Å². The average Bonchev–Trinajstić information content (AvgIpc) is 4.53. The molecule has 0 saturated heterocycles. The largest absolute Gasteiger partial charge is 0.512 e. The summed E-state index contributed by atoms with van der Waals surface area (Å²) in [7, 11) is 0. The monoisotopic (exact) mass is 1210 g/mol. The lowest BCUT2D eigenvalue weighted by atomic mass is 9.90. The van der Waals surface area contributed by atoms with E-state index in [-0.39, 0.29) is 46.2 Å². The Hall–Kier alpha value is -7.19. The Bertz CT molecular complexity index is 2500. The van der Waals surface area contributed by atoms with Gasteiger partial charge < -0.3 is 15.3 Å². The van der Waals surface area contributed by atoms with Crippen LogP contribution in [-0.2, 0) is 49.7 Å². The number of Topliss-reactive ketones (excluding diaryl/α,β-unsaturated/α-hetero) is 5. The topological polar surface area (TPSA) is 146 Å². The molecule has 0 aliphatic heterocycles. The normalized spacial score (nSPS) is 13.9. The first-order chi connectivity index (χ1) is 42.4. The van der Waals surface area contributed by atoms with Crippen molar-refractivity contribution in [1.82, 2.24) is 0 Å². The van der Waals surface area contributed by atoms with Gasteiger partial charge in [-0.05, 0) is 181 Å². The third-order valence-electron chi connectivity index (χ3n) is 13.1. The summed E-state index contributed by atoms with van der Waals surface area (Å²) in [6, 6.07) is 34.1. The molecule has 0 unspecified atom stereocenters. The van der Waals surface area contributed by atoms with Crippen molar-refractivity contribution in [2.24, 2.45) is 0 Å². The number of rotatable bonds is 4. The van der Waals surface area contributed by atoms with Gasteiger partial charge in [-0.2, -0.15) is 0 Å². The number of carbonyl (C=O) groups is 5. The van der Waals surface area contributed by atoms with Crippen LogP contribution in [0.15, 0.2) is 177 Å². The average molecular weight is 1210 g/mol. The van der Waals surface area contributed by atoms with Gasteiger partial charge in [0.05, 0.1) is 22.3 Å². The molecule has 0 atom stereocenters. The van der Waals surface area contributed by atoms with Crippen LogP contribution in [0, 0.1) is 0 Å². The Morgan fingerprint density at radius 2 is 0.557 bits per heavy atom. The summed E-state index contributed by atoms with van der Waals surface area (Å²) in [5.74, 6) is 0.465. The zero-order valence-corrected chi connectivity index (χ0v) is 59.5. The molecule has 0 amide bonds. The van der Waals surface area contributed by atoms with Crippen LogP contribution in [-0.4, -0.2) is 44.2 Å². The summed E-state index contributed by atoms with van der Waals surface area (Å²) in [6.07, 6.45) is 17.6. The van der Waals surface area contributed by atoms with E-state index in [0.29, 0.717) is 41.6 Å². The van der Waals surface area contributed by atoms with Crippen molar-refractivity contribution < 1.29 is 39.3 Å². The van der Waals surface area contributed by atoms with E-state index in [4.69, 9.17) is 0 Å². The molecular weight excluding hydrogens is 1090 g/mol. The minimum atomic E-state index is -0.0767. The Morgan fingerprint density at radius 3 is 0.727 bits per heavy atom. The number of carbonyl (C=O) groups excluding carboxylic acids is 5. The maximum Gasteiger partial charge on any atom is 0.166 e. The van der Waals surface area contributed by atoms with Gasteiger partial charge in [0.15, 0.2) is 28.9 Å². The van der Waals surface area contributed by atoms with Crippen LogP contribution in [0.5, 0.6) is 0 Å². The molecule has 0 saturated carbocycles. The molecule has 0 bridgehead atoms. The molecule has 8 nitrogen and oxygen atoms in total. The molecule has 4 aromatic rings. The first-order valence-corrected chi connectivity index (χ1v) is 33.2. The van der Waals surface area contributed by atoms with Crippen LogP contribution in [0.3, 0.4) is 0 Å². The van der Waals surface area contributed by atoms with Crippen molar-refractivity contribution in [1.29, 1.82) is 0 Å². The molecule has 0 fully saturated rings. The maximum atomic E-state index is 11.2. The highest BCUT2D eigenvalue weighted by Crippen LogP contribution is 2.29. The Balaban J connectivity index is -0.000000445. The van der Waals surface area contributed by atoms with Gasteiger partial charge in [-0.15, -0.1) is 0 Å². The molecule has 0 spiro atoms. The van der Waals surface area contributed by atoms with E-state index in [0.717, 1.165) is 60.8 Å². The van der Waals surface area contributed by atoms with E-state index < -0.39 is 0 Å². The number of allylic oxidation sites excluding steroid dienone is 13. The first kappa shape index (κ1) is 87.2. The molecule has 3 N–H and O–H groups in total. The predicted octanol–water partition coefficient (Wildman–Crippen LogP) is 22.6. The number of hydrogen-bond acceptors (Lipinski definition) is 8. The maximum absolute atomic E-state index is 11.2. The zero-order chi connectivity index (χ0) is 68.5. The minimum absolute atomic E-state index is 0.0289. The minimum Gasteiger partial charge on any atom is -0.512 e. The smallest absolute Gasteiger partial charge is 0.166 e. The molecule has 8 aliphatic rings. The van der Waals surface area contributed by atoms with E-state index in [2.05, 4.69) is 97.1 Å². The van der Waals surface area contributed by atoms with Gasteiger partial charge in [-0.25, -0.2) is 0 Å². The fraction of sp³-hybridized carbons (Fsp3) is 0.463. The van der Waals surface area contributed by atoms with E-state index in [1.807, 2.05) is 151 Å². The molecule has 8 heteroatoms. The van der Waals surface area contributed by atoms with Crippen molar-refractivity contribution in [3.8, 4) is 0 Å². The van der Waals surface area contributed by atoms with Crippen LogP contribution in [0.1, 0.15) is 268 Å². The highest BCUT2D eigenvalue weighted by atomic mass is 16.3. The van der Waals surface area contributed by atoms with Crippen molar-refractivity contribution in [2.45, 2.75) is 250 Å². The quantitative estimate of drug-likeness (QED) is 0.148. The molecule has 0 aromatic heterocycles. The number of aliphatic hydroxyl groups excluding tert-OH is 3. The van der Waals surface area contributed by atoms with Crippen molar-refractivity contribution in [3.05, 3.63) is 222 Å². The molecule has 0 heterocycles. The summed E-state index contributed by atoms with van der Waals surface area (Å²) in [5, 5.41) is 27.9. The zero-order valence-electron chi connectivity index (χ0n) is 59.5. The second-order valence-corrected chi connectivity index (χ2v) is 19.2. The van der Waals surface area contributed by atoms with E-state index in [9.17, 15) is 39.3 Å². The molecule has 4 aromatic carbocycles. The number of hydrogen-bond donors (Lipinski definition) is 3. The van der Waals surface area contributed by atoms with Gasteiger partial charge in [0, 0.05) is 19.3 Å². The van der Waals surface area contributed by atoms with Crippen LogP contribution in [0.4, 0.5) is 0 Å². The number of ketones is 5. The Morgan fingerprint density at radius 1 is 0.318 bits per heavy atom. The fourth-order valence-corrected chi connectivity index (χ4v) is 8.92. The standard InChI is InChI=1S/4C9H12O2.4C7H6.8C2H6/c4*1-6-4-3-5-8(11)9(6)7(2)10;4*1-2-4-7-5-6(7)3-1;8*1-2/h3-5H2,1-2H3;5,11H,3-4H2,1-2H3;2*4,11H,3,5H2,1-2H3;4*1-4H,5H2;8*1-2H3. The highest BCUT2D eigenvalue weighted by Gasteiger charge is 2.22. The van der Waals surface area contributed by atoms with Gasteiger partial charge in [0.25, 0.3) is 0 Å². The Kier molecular flexibility index (Phi) is 52.4. The van der Waals surface area contributed by atoms with Crippen LogP contribution < -0.4 is 0 Å². The summed E-state index contributed by atoms with van der Waals surface area (Å²) in [6.45, 7) is 45.4. The SMILES string of the molecule is CC.CC.CC.CC.CC.CC.CC.CC.CC(=O)C1=C(C)CCC=C1O.CC(=O)C1=C(C)CCCC1=O.CC(=O)C1=C(O)CCC=C1C.CC(=O)C1=C(O)CCC=C1C.c1ccc2c(c1)C2.c1ccc2c(c1)C2.c1ccc2c(c1)C2.c1ccc2c(c1)C2. The van der Waals surface area contributed by atoms with E-state index in [1.165, 1.54) is 97.9 Å². The lowest BCUT2D eigenvalue weighted by Gasteiger charge is -2.13. The van der Waals surface area contributed by atoms with Crippen molar-refractivity contribution in [2.75, 3.05) is 0 Å². The summed E-state index contributed by atoms with van der Waals surface area (Å²) < 4.78 is 0. The second-order valence-electron chi connectivity index (χ2n) is 19.2. The van der Waals surface area contributed by atoms with E-state index >= 15 is 0 Å². The summed E-state index contributed by atoms with van der Waals surface area (Å²) >= 11 is 0. The van der Waals surface area contributed by atoms with Crippen molar-refractivity contribution in [3.63, 3.8) is 0 Å². The van der Waals surface area contributed by atoms with Crippen LogP contribution >= 0.6 is 0 Å². The summed E-state index contributed by atoms with van der Waals surface area (Å²) in [5.41, 5.74) is 18.0. The van der Waals surface area contributed by atoms with Crippen LogP contribution in [0.2, 0.25) is 0 Å². The van der Waals surface area contributed by atoms with Crippen LogP contribution in [0.25, 0.3) is 0 Å². The number of aliphatic hydroxyl groups is 3. The Labute approximate surface area is 536 Å². The molecule has 12 rings (SSSR count). The van der Waals surface area contributed by atoms with E-state index in [1.54, 1.807) is 6.08 Å². The molecule has 88 heavy (non-hydrogen) atoms.